The lowest BCUT2D eigenvalue weighted by Crippen LogP contribution is -2.31. The molecular weight excluding hydrogens is 575 g/mol. The minimum Gasteiger partial charge on any atom is -0.493 e. The summed E-state index contributed by atoms with van der Waals surface area (Å²) >= 11 is 19.6. The van der Waals surface area contributed by atoms with Crippen LogP contribution in [-0.2, 0) is 9.57 Å². The molecule has 0 bridgehead atoms. The van der Waals surface area contributed by atoms with E-state index in [2.05, 4.69) is 10.3 Å². The van der Waals surface area contributed by atoms with Crippen LogP contribution in [0.2, 0.25) is 15.1 Å². The molecule has 0 N–H and O–H groups in total. The van der Waals surface area contributed by atoms with E-state index in [4.69, 9.17) is 58.4 Å². The molecular formula is C30H25Cl3N2O5. The number of hydrogen-bond acceptors (Lipinski definition) is 7. The zero-order valence-electron chi connectivity index (χ0n) is 21.5. The van der Waals surface area contributed by atoms with Gasteiger partial charge >= 0.3 is 0 Å². The molecule has 2 heterocycles. The number of ether oxygens (including phenoxy) is 3. The van der Waals surface area contributed by atoms with Crippen molar-refractivity contribution in [1.82, 2.24) is 5.16 Å². The number of rotatable bonds is 10. The Morgan fingerprint density at radius 3 is 2.52 bits per heavy atom. The summed E-state index contributed by atoms with van der Waals surface area (Å²) in [7, 11) is 1.55. The van der Waals surface area contributed by atoms with Crippen molar-refractivity contribution < 1.29 is 23.6 Å². The average Bonchev–Trinajstić information content (AvgIpc) is 3.59. The fourth-order valence-electron chi connectivity index (χ4n) is 4.76. The van der Waals surface area contributed by atoms with Crippen molar-refractivity contribution in [3.05, 3.63) is 86.4 Å². The predicted octanol–water partition coefficient (Wildman–Crippen LogP) is 8.15. The standard InChI is InChI=1S/C30H25Cl3N2O5/c1-36-16-38-30-21-13-17(6-12-26(21)39-35-30)5-7-18-10-11-20(14-25(18)33)37-15-22-28(34-40-29(22)19-8-9-19)27-23(31)3-2-4-24(27)32/h2-7,10-14,19,22,29H,8-9,15-16H2,1H3/b7-5+. The van der Waals surface area contributed by atoms with E-state index in [9.17, 15) is 0 Å². The summed E-state index contributed by atoms with van der Waals surface area (Å²) in [5.74, 6) is 1.38. The Morgan fingerprint density at radius 2 is 1.77 bits per heavy atom. The molecule has 0 saturated heterocycles. The number of benzene rings is 3. The number of hydrogen-bond donors (Lipinski definition) is 0. The molecule has 3 aromatic carbocycles. The molecule has 4 aromatic rings. The number of nitrogens with zero attached hydrogens (tertiary/aromatic N) is 2. The predicted molar refractivity (Wildman–Crippen MR) is 156 cm³/mol. The Labute approximate surface area is 246 Å². The molecule has 2 unspecified atom stereocenters. The van der Waals surface area contributed by atoms with E-state index in [1.165, 1.54) is 0 Å². The molecule has 2 atom stereocenters. The third kappa shape index (κ3) is 5.65. The highest BCUT2D eigenvalue weighted by molar-refractivity contribution is 6.40. The first-order valence-corrected chi connectivity index (χ1v) is 13.9. The number of methoxy groups -OCH3 is 1. The molecule has 40 heavy (non-hydrogen) atoms. The molecule has 6 rings (SSSR count). The summed E-state index contributed by atoms with van der Waals surface area (Å²) in [4.78, 5) is 5.85. The summed E-state index contributed by atoms with van der Waals surface area (Å²) in [5.41, 5.74) is 3.83. The number of fused-ring (bicyclic) bond motifs is 1. The Balaban J connectivity index is 1.16. The van der Waals surface area contributed by atoms with Crippen LogP contribution < -0.4 is 9.47 Å². The van der Waals surface area contributed by atoms with Gasteiger partial charge < -0.3 is 23.6 Å². The Hall–Kier alpha value is -3.23. The lowest BCUT2D eigenvalue weighted by atomic mass is 9.90. The zero-order valence-corrected chi connectivity index (χ0v) is 23.7. The van der Waals surface area contributed by atoms with Crippen molar-refractivity contribution in [2.75, 3.05) is 20.5 Å². The van der Waals surface area contributed by atoms with Gasteiger partial charge in [0.25, 0.3) is 5.88 Å². The maximum Gasteiger partial charge on any atom is 0.264 e. The molecule has 1 saturated carbocycles. The summed E-state index contributed by atoms with van der Waals surface area (Å²) in [6.45, 7) is 0.446. The summed E-state index contributed by atoms with van der Waals surface area (Å²) < 4.78 is 21.9. The van der Waals surface area contributed by atoms with Gasteiger partial charge in [-0.05, 0) is 77.5 Å². The smallest absolute Gasteiger partial charge is 0.264 e. The summed E-state index contributed by atoms with van der Waals surface area (Å²) in [5, 5.41) is 10.7. The second kappa shape index (κ2) is 11.7. The van der Waals surface area contributed by atoms with Gasteiger partial charge in [0.1, 0.15) is 24.2 Å². The SMILES string of the molecule is COCOc1noc2ccc(/C=C/c3ccc(OCC4C(c5c(Cl)cccc5Cl)=NOC4C4CC4)cc3Cl)cc12. The van der Waals surface area contributed by atoms with Gasteiger partial charge in [0.2, 0.25) is 0 Å². The highest BCUT2D eigenvalue weighted by Crippen LogP contribution is 2.43. The number of halogens is 3. The van der Waals surface area contributed by atoms with Crippen molar-refractivity contribution >= 4 is 63.6 Å². The zero-order chi connectivity index (χ0) is 27.6. The van der Waals surface area contributed by atoms with E-state index in [0.29, 0.717) is 50.4 Å². The average molecular weight is 600 g/mol. The maximum atomic E-state index is 6.63. The molecule has 7 nitrogen and oxygen atoms in total. The quantitative estimate of drug-likeness (QED) is 0.135. The van der Waals surface area contributed by atoms with Gasteiger partial charge in [-0.1, -0.05) is 64.2 Å². The van der Waals surface area contributed by atoms with E-state index in [0.717, 1.165) is 35.1 Å². The first-order valence-electron chi connectivity index (χ1n) is 12.8. The van der Waals surface area contributed by atoms with Gasteiger partial charge in [-0.25, -0.2) is 0 Å². The molecule has 1 aliphatic heterocycles. The van der Waals surface area contributed by atoms with E-state index < -0.39 is 0 Å². The molecule has 1 fully saturated rings. The van der Waals surface area contributed by atoms with Gasteiger partial charge in [-0.2, -0.15) is 0 Å². The molecule has 0 spiro atoms. The van der Waals surface area contributed by atoms with Gasteiger partial charge in [-0.15, -0.1) is 0 Å². The minimum absolute atomic E-state index is 0.0665. The van der Waals surface area contributed by atoms with Crippen LogP contribution in [0.15, 0.2) is 64.3 Å². The van der Waals surface area contributed by atoms with Gasteiger partial charge in [-0.3, -0.25) is 0 Å². The minimum atomic E-state index is -0.103. The summed E-state index contributed by atoms with van der Waals surface area (Å²) in [6, 6.07) is 16.7. The van der Waals surface area contributed by atoms with Crippen LogP contribution in [-0.4, -0.2) is 37.5 Å². The third-order valence-corrected chi connectivity index (χ3v) is 7.91. The van der Waals surface area contributed by atoms with E-state index in [1.807, 2.05) is 54.6 Å². The first kappa shape index (κ1) is 27.0. The Morgan fingerprint density at radius 1 is 0.950 bits per heavy atom. The van der Waals surface area contributed by atoms with Crippen LogP contribution in [0, 0.1) is 11.8 Å². The van der Waals surface area contributed by atoms with Crippen molar-refractivity contribution in [2.45, 2.75) is 18.9 Å². The number of oxime groups is 1. The lowest BCUT2D eigenvalue weighted by molar-refractivity contribution is 0.0340. The van der Waals surface area contributed by atoms with Crippen LogP contribution >= 0.6 is 34.8 Å². The highest BCUT2D eigenvalue weighted by Gasteiger charge is 2.46. The monoisotopic (exact) mass is 598 g/mol. The van der Waals surface area contributed by atoms with Crippen LogP contribution in [0.3, 0.4) is 0 Å². The van der Waals surface area contributed by atoms with Gasteiger partial charge in [0.15, 0.2) is 12.4 Å². The van der Waals surface area contributed by atoms with Crippen molar-refractivity contribution in [3.8, 4) is 11.6 Å². The molecule has 0 radical (unpaired) electrons. The third-order valence-electron chi connectivity index (χ3n) is 6.96. The first-order chi connectivity index (χ1) is 19.5. The van der Waals surface area contributed by atoms with E-state index in [1.54, 1.807) is 19.2 Å². The molecule has 2 aliphatic rings. The van der Waals surface area contributed by atoms with Crippen molar-refractivity contribution in [1.29, 1.82) is 0 Å². The van der Waals surface area contributed by atoms with Crippen LogP contribution in [0.4, 0.5) is 0 Å². The van der Waals surface area contributed by atoms with Gasteiger partial charge in [0, 0.05) is 12.7 Å². The van der Waals surface area contributed by atoms with Crippen molar-refractivity contribution in [2.24, 2.45) is 17.0 Å². The van der Waals surface area contributed by atoms with Crippen LogP contribution in [0.5, 0.6) is 11.6 Å². The topological polar surface area (TPSA) is 75.3 Å². The normalized spacial score (nSPS) is 18.8. The van der Waals surface area contributed by atoms with E-state index >= 15 is 0 Å². The fraction of sp³-hybridized carbons (Fsp3) is 0.267. The highest BCUT2D eigenvalue weighted by atomic mass is 35.5. The Kier molecular flexibility index (Phi) is 7.89. The van der Waals surface area contributed by atoms with Gasteiger partial charge in [0.05, 0.1) is 26.4 Å². The second-order valence-corrected chi connectivity index (χ2v) is 10.9. The molecule has 1 aliphatic carbocycles. The fourth-order valence-corrected chi connectivity index (χ4v) is 5.59. The molecule has 206 valence electrons. The number of aromatic nitrogens is 1. The lowest BCUT2D eigenvalue weighted by Gasteiger charge is -2.20. The molecule has 0 amide bonds. The van der Waals surface area contributed by atoms with Crippen molar-refractivity contribution in [3.63, 3.8) is 0 Å². The Bertz CT molecular complexity index is 1580. The van der Waals surface area contributed by atoms with Crippen LogP contribution in [0.1, 0.15) is 29.5 Å². The molecule has 10 heteroatoms. The summed E-state index contributed by atoms with van der Waals surface area (Å²) in [6.07, 6.45) is 6.05. The largest absolute Gasteiger partial charge is 0.493 e. The second-order valence-electron chi connectivity index (χ2n) is 9.71. The maximum absolute atomic E-state index is 6.63. The van der Waals surface area contributed by atoms with E-state index in [-0.39, 0.29) is 18.8 Å². The van der Waals surface area contributed by atoms with Crippen LogP contribution in [0.25, 0.3) is 23.1 Å². The molecule has 1 aromatic heterocycles.